The molecule has 0 aliphatic carbocycles. The average Bonchev–Trinajstić information content (AvgIpc) is 2.86. The van der Waals surface area contributed by atoms with Crippen LogP contribution in [0.2, 0.25) is 0 Å². The van der Waals surface area contributed by atoms with Gasteiger partial charge < -0.3 is 9.84 Å². The molecule has 7 heteroatoms. The van der Waals surface area contributed by atoms with Crippen molar-refractivity contribution in [1.29, 1.82) is 0 Å². The minimum Gasteiger partial charge on any atom is -0.476 e. The molecule has 0 radical (unpaired) electrons. The van der Waals surface area contributed by atoms with Crippen molar-refractivity contribution in [2.75, 3.05) is 6.54 Å². The maximum atomic E-state index is 11.9. The number of carbonyl (C=O) groups excluding carboxylic acids is 1. The molecule has 0 atom stereocenters. The van der Waals surface area contributed by atoms with Crippen LogP contribution < -0.4 is 0 Å². The van der Waals surface area contributed by atoms with Gasteiger partial charge in [0, 0.05) is 23.7 Å². The van der Waals surface area contributed by atoms with Gasteiger partial charge in [-0.05, 0) is 26.8 Å². The quantitative estimate of drug-likeness (QED) is 0.908. The third-order valence-electron chi connectivity index (χ3n) is 2.54. The lowest BCUT2D eigenvalue weighted by molar-refractivity contribution is 0.0350. The van der Waals surface area contributed by atoms with E-state index in [4.69, 9.17) is 9.84 Å². The number of allylic oxidation sites excluding steroid dienone is 2. The van der Waals surface area contributed by atoms with E-state index >= 15 is 0 Å². The number of nitrogens with zero attached hydrogens (tertiary/aromatic N) is 2. The molecular formula is C14H16N2O4S. The van der Waals surface area contributed by atoms with E-state index in [1.165, 1.54) is 21.6 Å². The number of rotatable bonds is 2. The van der Waals surface area contributed by atoms with Crippen molar-refractivity contribution in [2.24, 2.45) is 0 Å². The first kappa shape index (κ1) is 15.2. The Morgan fingerprint density at radius 3 is 2.62 bits per heavy atom. The van der Waals surface area contributed by atoms with Crippen LogP contribution in [0.1, 0.15) is 36.3 Å². The molecule has 1 amide bonds. The fourth-order valence-electron chi connectivity index (χ4n) is 1.61. The van der Waals surface area contributed by atoms with Gasteiger partial charge in [0.05, 0.1) is 0 Å². The van der Waals surface area contributed by atoms with Gasteiger partial charge in [-0.1, -0.05) is 6.08 Å². The summed E-state index contributed by atoms with van der Waals surface area (Å²) in [6.45, 7) is 5.79. The normalized spacial score (nSPS) is 14.8. The van der Waals surface area contributed by atoms with Gasteiger partial charge in [0.15, 0.2) is 5.69 Å². The van der Waals surface area contributed by atoms with Crippen molar-refractivity contribution in [3.05, 3.63) is 34.4 Å². The maximum absolute atomic E-state index is 11.9. The van der Waals surface area contributed by atoms with Crippen molar-refractivity contribution in [3.63, 3.8) is 0 Å². The Balaban J connectivity index is 2.04. The second kappa shape index (κ2) is 5.69. The molecule has 1 aliphatic heterocycles. The highest BCUT2D eigenvalue weighted by atomic mass is 32.1. The molecule has 112 valence electrons. The maximum Gasteiger partial charge on any atom is 0.414 e. The number of aromatic carboxylic acids is 1. The Morgan fingerprint density at radius 2 is 2.14 bits per heavy atom. The van der Waals surface area contributed by atoms with Gasteiger partial charge in [-0.3, -0.25) is 4.90 Å². The molecule has 1 N–H and O–H groups in total. The van der Waals surface area contributed by atoms with E-state index < -0.39 is 17.7 Å². The molecule has 6 nitrogen and oxygen atoms in total. The van der Waals surface area contributed by atoms with E-state index in [-0.39, 0.29) is 5.69 Å². The molecule has 1 aliphatic rings. The topological polar surface area (TPSA) is 79.7 Å². The van der Waals surface area contributed by atoms with E-state index in [1.54, 1.807) is 12.3 Å². The van der Waals surface area contributed by atoms with Crippen LogP contribution in [-0.2, 0) is 4.74 Å². The number of ether oxygens (including phenoxy) is 1. The highest BCUT2D eigenvalue weighted by molar-refractivity contribution is 7.11. The SMILES string of the molecule is CC(C)(C)OC(=O)N1C=CC(c2nc(C(=O)O)cs2)=CC1. The van der Waals surface area contributed by atoms with Gasteiger partial charge in [-0.2, -0.15) is 0 Å². The Hall–Kier alpha value is -2.15. The zero-order valence-electron chi connectivity index (χ0n) is 12.0. The standard InChI is InChI=1S/C14H16N2O4S/c1-14(2,3)20-13(19)16-6-4-9(5-7-16)11-15-10(8-21-11)12(17)18/h4-6,8H,7H2,1-3H3,(H,17,18). The lowest BCUT2D eigenvalue weighted by Crippen LogP contribution is -2.34. The number of hydrogen-bond acceptors (Lipinski definition) is 5. The molecule has 1 aromatic rings. The van der Waals surface area contributed by atoms with Crippen molar-refractivity contribution in [2.45, 2.75) is 26.4 Å². The smallest absolute Gasteiger partial charge is 0.414 e. The average molecular weight is 308 g/mol. The highest BCUT2D eigenvalue weighted by Crippen LogP contribution is 2.24. The molecule has 0 saturated carbocycles. The Kier molecular flexibility index (Phi) is 4.13. The summed E-state index contributed by atoms with van der Waals surface area (Å²) < 4.78 is 5.27. The Bertz CT molecular complexity index is 625. The molecular weight excluding hydrogens is 292 g/mol. The predicted molar refractivity (Wildman–Crippen MR) is 79.1 cm³/mol. The van der Waals surface area contributed by atoms with Crippen molar-refractivity contribution >= 4 is 29.0 Å². The Labute approximate surface area is 126 Å². The van der Waals surface area contributed by atoms with Crippen LogP contribution in [0.15, 0.2) is 23.7 Å². The minimum atomic E-state index is -1.05. The van der Waals surface area contributed by atoms with E-state index in [0.717, 1.165) is 5.57 Å². The van der Waals surface area contributed by atoms with Crippen LogP contribution in [-0.4, -0.2) is 39.2 Å². The summed E-state index contributed by atoms with van der Waals surface area (Å²) in [6.07, 6.45) is 4.73. The Morgan fingerprint density at radius 1 is 1.43 bits per heavy atom. The molecule has 0 bridgehead atoms. The van der Waals surface area contributed by atoms with Crippen LogP contribution in [0.25, 0.3) is 5.57 Å². The van der Waals surface area contributed by atoms with Crippen LogP contribution in [0.4, 0.5) is 4.79 Å². The van der Waals surface area contributed by atoms with Crippen molar-refractivity contribution in [3.8, 4) is 0 Å². The van der Waals surface area contributed by atoms with E-state index in [2.05, 4.69) is 4.98 Å². The van der Waals surface area contributed by atoms with Crippen LogP contribution in [0.3, 0.4) is 0 Å². The molecule has 1 aromatic heterocycles. The van der Waals surface area contributed by atoms with Crippen molar-refractivity contribution in [1.82, 2.24) is 9.88 Å². The molecule has 2 heterocycles. The van der Waals surface area contributed by atoms with Gasteiger partial charge in [0.2, 0.25) is 0 Å². The van der Waals surface area contributed by atoms with E-state index in [9.17, 15) is 9.59 Å². The summed E-state index contributed by atoms with van der Waals surface area (Å²) in [4.78, 5) is 28.2. The summed E-state index contributed by atoms with van der Waals surface area (Å²) in [7, 11) is 0. The first-order valence-electron chi connectivity index (χ1n) is 6.33. The van der Waals surface area contributed by atoms with Gasteiger partial charge in [-0.25, -0.2) is 14.6 Å². The summed E-state index contributed by atoms with van der Waals surface area (Å²) >= 11 is 1.26. The zero-order valence-corrected chi connectivity index (χ0v) is 12.8. The van der Waals surface area contributed by atoms with Gasteiger partial charge in [-0.15, -0.1) is 11.3 Å². The summed E-state index contributed by atoms with van der Waals surface area (Å²) in [6, 6.07) is 0. The molecule has 21 heavy (non-hydrogen) atoms. The summed E-state index contributed by atoms with van der Waals surface area (Å²) in [5, 5.41) is 11.0. The van der Waals surface area contributed by atoms with E-state index in [1.807, 2.05) is 26.8 Å². The van der Waals surface area contributed by atoms with Crippen molar-refractivity contribution < 1.29 is 19.4 Å². The molecule has 0 aromatic carbocycles. The van der Waals surface area contributed by atoms with Crippen LogP contribution >= 0.6 is 11.3 Å². The first-order valence-corrected chi connectivity index (χ1v) is 7.21. The van der Waals surface area contributed by atoms with Crippen LogP contribution in [0, 0.1) is 0 Å². The number of aromatic nitrogens is 1. The number of thiazole rings is 1. The highest BCUT2D eigenvalue weighted by Gasteiger charge is 2.22. The number of carboxylic acids is 1. The number of carboxylic acid groups (broad SMARTS) is 1. The second-order valence-corrected chi connectivity index (χ2v) is 6.31. The fourth-order valence-corrected chi connectivity index (χ4v) is 2.43. The summed E-state index contributed by atoms with van der Waals surface area (Å²) in [5.41, 5.74) is 0.284. The monoisotopic (exact) mass is 308 g/mol. The molecule has 0 spiro atoms. The third-order valence-corrected chi connectivity index (χ3v) is 3.43. The van der Waals surface area contributed by atoms with Crippen LogP contribution in [0.5, 0.6) is 0 Å². The molecule has 0 fully saturated rings. The lowest BCUT2D eigenvalue weighted by atomic mass is 10.2. The first-order chi connectivity index (χ1) is 9.76. The van der Waals surface area contributed by atoms with Gasteiger partial charge in [0.25, 0.3) is 0 Å². The number of amides is 1. The predicted octanol–water partition coefficient (Wildman–Crippen LogP) is 2.99. The zero-order chi connectivity index (χ0) is 15.6. The summed E-state index contributed by atoms with van der Waals surface area (Å²) in [5.74, 6) is -1.05. The molecule has 0 unspecified atom stereocenters. The lowest BCUT2D eigenvalue weighted by Gasteiger charge is -2.25. The molecule has 0 saturated heterocycles. The van der Waals surface area contributed by atoms with Gasteiger partial charge in [0.1, 0.15) is 10.6 Å². The largest absolute Gasteiger partial charge is 0.476 e. The number of hydrogen-bond donors (Lipinski definition) is 1. The third kappa shape index (κ3) is 3.91. The van der Waals surface area contributed by atoms with Gasteiger partial charge >= 0.3 is 12.1 Å². The molecule has 2 rings (SSSR count). The fraction of sp³-hybridized carbons (Fsp3) is 0.357. The van der Waals surface area contributed by atoms with E-state index in [0.29, 0.717) is 11.6 Å². The second-order valence-electron chi connectivity index (χ2n) is 5.45. The number of carbonyl (C=O) groups is 2. The minimum absolute atomic E-state index is 0.0267.